The number of halogens is 1. The summed E-state index contributed by atoms with van der Waals surface area (Å²) < 4.78 is 39.2. The van der Waals surface area contributed by atoms with Crippen LogP contribution in [0.4, 0.5) is 0 Å². The smallest absolute Gasteiger partial charge is 0.244 e. The van der Waals surface area contributed by atoms with Crippen LogP contribution >= 0.6 is 11.6 Å². The molecular formula is C19H24ClN3O4S. The average molecular weight is 426 g/mol. The maximum atomic E-state index is 13.0. The lowest BCUT2D eigenvalue weighted by atomic mass is 9.88. The zero-order chi connectivity index (χ0) is 19.8. The van der Waals surface area contributed by atoms with Crippen LogP contribution in [0.2, 0.25) is 5.02 Å². The minimum Gasteiger partial charge on any atom is -0.379 e. The Balaban J connectivity index is 1.42. The van der Waals surface area contributed by atoms with E-state index in [0.717, 1.165) is 32.7 Å². The van der Waals surface area contributed by atoms with Gasteiger partial charge in [-0.1, -0.05) is 11.6 Å². The lowest BCUT2D eigenvalue weighted by Gasteiger charge is -2.38. The zero-order valence-electron chi connectivity index (χ0n) is 15.6. The Kier molecular flexibility index (Phi) is 5.67. The van der Waals surface area contributed by atoms with E-state index >= 15 is 0 Å². The molecule has 1 aromatic rings. The van der Waals surface area contributed by atoms with E-state index in [1.807, 2.05) is 6.07 Å². The molecule has 0 aliphatic carbocycles. The highest BCUT2D eigenvalue weighted by atomic mass is 35.5. The topological polar surface area (TPSA) is 82.9 Å². The second-order valence-corrected chi connectivity index (χ2v) is 9.97. The number of nitriles is 1. The Morgan fingerprint density at radius 1 is 1.18 bits per heavy atom. The third-order valence-corrected chi connectivity index (χ3v) is 8.45. The van der Waals surface area contributed by atoms with Gasteiger partial charge in [-0.05, 0) is 37.5 Å². The quantitative estimate of drug-likeness (QED) is 0.735. The number of hydrogen-bond donors (Lipinski definition) is 0. The molecule has 1 atom stereocenters. The molecule has 3 fully saturated rings. The van der Waals surface area contributed by atoms with Gasteiger partial charge in [-0.3, -0.25) is 4.90 Å². The van der Waals surface area contributed by atoms with Crippen molar-refractivity contribution >= 4 is 21.6 Å². The molecule has 1 aromatic carbocycles. The molecule has 1 unspecified atom stereocenters. The molecule has 3 heterocycles. The predicted molar refractivity (Wildman–Crippen MR) is 104 cm³/mol. The van der Waals surface area contributed by atoms with Gasteiger partial charge in [-0.15, -0.1) is 0 Å². The molecule has 3 aliphatic rings. The van der Waals surface area contributed by atoms with Gasteiger partial charge in [0.1, 0.15) is 4.90 Å². The van der Waals surface area contributed by atoms with Crippen LogP contribution in [0.1, 0.15) is 24.8 Å². The van der Waals surface area contributed by atoms with E-state index in [0.29, 0.717) is 44.1 Å². The molecule has 28 heavy (non-hydrogen) atoms. The normalized spacial score (nSPS) is 26.4. The molecular weight excluding hydrogens is 402 g/mol. The molecule has 152 valence electrons. The number of nitrogens with zero attached hydrogens (tertiary/aromatic N) is 3. The lowest BCUT2D eigenvalue weighted by molar-refractivity contribution is -0.0328. The van der Waals surface area contributed by atoms with Gasteiger partial charge in [0.05, 0.1) is 42.1 Å². The van der Waals surface area contributed by atoms with E-state index in [4.69, 9.17) is 26.3 Å². The van der Waals surface area contributed by atoms with Crippen LogP contribution in [-0.4, -0.2) is 75.3 Å². The summed E-state index contributed by atoms with van der Waals surface area (Å²) in [7, 11) is -3.69. The van der Waals surface area contributed by atoms with E-state index in [1.165, 1.54) is 22.5 Å². The molecule has 4 rings (SSSR count). The van der Waals surface area contributed by atoms with Gasteiger partial charge in [0.2, 0.25) is 10.0 Å². The first-order valence-corrected chi connectivity index (χ1v) is 11.4. The summed E-state index contributed by atoms with van der Waals surface area (Å²) in [5.41, 5.74) is 0.110. The second-order valence-electron chi connectivity index (χ2n) is 7.66. The zero-order valence-corrected chi connectivity index (χ0v) is 17.2. The molecule has 0 saturated carbocycles. The molecule has 0 aromatic heterocycles. The van der Waals surface area contributed by atoms with Crippen molar-refractivity contribution in [3.63, 3.8) is 0 Å². The van der Waals surface area contributed by atoms with Crippen LogP contribution in [0.25, 0.3) is 0 Å². The highest BCUT2D eigenvalue weighted by Crippen LogP contribution is 2.39. The van der Waals surface area contributed by atoms with E-state index < -0.39 is 10.0 Å². The minimum absolute atomic E-state index is 0.0580. The van der Waals surface area contributed by atoms with E-state index in [9.17, 15) is 8.42 Å². The number of morpholine rings is 1. The second kappa shape index (κ2) is 7.90. The fourth-order valence-electron chi connectivity index (χ4n) is 4.40. The number of sulfonamides is 1. The largest absolute Gasteiger partial charge is 0.379 e. The third-order valence-electron chi connectivity index (χ3n) is 6.06. The fraction of sp³-hybridized carbons (Fsp3) is 0.632. The number of rotatable bonds is 3. The Labute approximate surface area is 170 Å². The first-order valence-electron chi connectivity index (χ1n) is 9.59. The standard InChI is InChI=1S/C19H24ClN3O4S/c20-17-11-15(13-21)1-2-18(17)28(24,25)23-5-3-19(4-6-23)12-16(14-27-19)22-7-9-26-10-8-22/h1-2,11,16H,3-10,12,14H2. The van der Waals surface area contributed by atoms with Crippen LogP contribution < -0.4 is 0 Å². The average Bonchev–Trinajstić information content (AvgIpc) is 3.12. The van der Waals surface area contributed by atoms with Crippen LogP contribution in [0, 0.1) is 11.3 Å². The first kappa shape index (κ1) is 20.1. The van der Waals surface area contributed by atoms with Gasteiger partial charge in [0.25, 0.3) is 0 Å². The first-order chi connectivity index (χ1) is 13.4. The van der Waals surface area contributed by atoms with Crippen LogP contribution in [0.15, 0.2) is 23.1 Å². The Hall–Kier alpha value is -1.21. The van der Waals surface area contributed by atoms with Crippen molar-refractivity contribution in [3.05, 3.63) is 28.8 Å². The molecule has 0 radical (unpaired) electrons. The van der Waals surface area contributed by atoms with Crippen LogP contribution in [0.5, 0.6) is 0 Å². The number of hydrogen-bond acceptors (Lipinski definition) is 6. The van der Waals surface area contributed by atoms with Crippen molar-refractivity contribution in [1.82, 2.24) is 9.21 Å². The van der Waals surface area contributed by atoms with Crippen molar-refractivity contribution in [2.24, 2.45) is 0 Å². The summed E-state index contributed by atoms with van der Waals surface area (Å²) in [4.78, 5) is 2.49. The number of piperidine rings is 1. The summed E-state index contributed by atoms with van der Waals surface area (Å²) in [6.07, 6.45) is 2.31. The maximum absolute atomic E-state index is 13.0. The summed E-state index contributed by atoms with van der Waals surface area (Å²) in [6.45, 7) is 4.92. The fourth-order valence-corrected chi connectivity index (χ4v) is 6.36. The molecule has 7 nitrogen and oxygen atoms in total. The van der Waals surface area contributed by atoms with Gasteiger partial charge in [-0.2, -0.15) is 9.57 Å². The van der Waals surface area contributed by atoms with Gasteiger partial charge < -0.3 is 9.47 Å². The molecule has 0 bridgehead atoms. The van der Waals surface area contributed by atoms with Crippen molar-refractivity contribution in [2.45, 2.75) is 35.8 Å². The minimum atomic E-state index is -3.69. The molecule has 9 heteroatoms. The van der Waals surface area contributed by atoms with Crippen molar-refractivity contribution in [3.8, 4) is 6.07 Å². The SMILES string of the molecule is N#Cc1ccc(S(=O)(=O)N2CCC3(CC2)CC(N2CCOCC2)CO3)c(Cl)c1. The highest BCUT2D eigenvalue weighted by Gasteiger charge is 2.46. The van der Waals surface area contributed by atoms with E-state index in [-0.39, 0.29) is 15.5 Å². The van der Waals surface area contributed by atoms with Gasteiger partial charge >= 0.3 is 0 Å². The number of benzene rings is 1. The molecule has 3 saturated heterocycles. The van der Waals surface area contributed by atoms with Crippen molar-refractivity contribution in [2.75, 3.05) is 46.0 Å². The Bertz CT molecular complexity index is 872. The maximum Gasteiger partial charge on any atom is 0.244 e. The van der Waals surface area contributed by atoms with Gasteiger partial charge in [0.15, 0.2) is 0 Å². The Morgan fingerprint density at radius 2 is 1.89 bits per heavy atom. The Morgan fingerprint density at radius 3 is 2.54 bits per heavy atom. The number of ether oxygens (including phenoxy) is 2. The van der Waals surface area contributed by atoms with Crippen molar-refractivity contribution in [1.29, 1.82) is 5.26 Å². The van der Waals surface area contributed by atoms with Gasteiger partial charge in [0, 0.05) is 32.2 Å². The molecule has 0 N–H and O–H groups in total. The van der Waals surface area contributed by atoms with Gasteiger partial charge in [-0.25, -0.2) is 8.42 Å². The van der Waals surface area contributed by atoms with E-state index in [2.05, 4.69) is 4.90 Å². The van der Waals surface area contributed by atoms with Crippen LogP contribution in [-0.2, 0) is 19.5 Å². The predicted octanol–water partition coefficient (Wildman–Crippen LogP) is 1.86. The summed E-state index contributed by atoms with van der Waals surface area (Å²) in [6, 6.07) is 6.65. The summed E-state index contributed by atoms with van der Waals surface area (Å²) in [5, 5.41) is 9.03. The van der Waals surface area contributed by atoms with Crippen LogP contribution in [0.3, 0.4) is 0 Å². The monoisotopic (exact) mass is 425 g/mol. The molecule has 1 spiro atoms. The lowest BCUT2D eigenvalue weighted by Crippen LogP contribution is -2.48. The molecule has 3 aliphatic heterocycles. The third kappa shape index (κ3) is 3.80. The van der Waals surface area contributed by atoms with E-state index in [1.54, 1.807) is 0 Å². The highest BCUT2D eigenvalue weighted by molar-refractivity contribution is 7.89. The summed E-state index contributed by atoms with van der Waals surface area (Å²) >= 11 is 6.14. The molecule has 0 amide bonds. The summed E-state index contributed by atoms with van der Waals surface area (Å²) in [5.74, 6) is 0. The van der Waals surface area contributed by atoms with Crippen molar-refractivity contribution < 1.29 is 17.9 Å².